The summed E-state index contributed by atoms with van der Waals surface area (Å²) < 4.78 is 5.29. The lowest BCUT2D eigenvalue weighted by Gasteiger charge is -2.02. The van der Waals surface area contributed by atoms with Crippen LogP contribution in [0, 0.1) is 0 Å². The van der Waals surface area contributed by atoms with Gasteiger partial charge in [0.2, 0.25) is 11.7 Å². The first-order valence-electron chi connectivity index (χ1n) is 6.59. The molecule has 1 aromatic heterocycles. The number of halogens is 1. The minimum atomic E-state index is -0.135. The third kappa shape index (κ3) is 3.15. The van der Waals surface area contributed by atoms with Crippen LogP contribution < -0.4 is 5.32 Å². The molecule has 110 valence electrons. The van der Waals surface area contributed by atoms with Crippen molar-refractivity contribution in [2.75, 3.05) is 5.32 Å². The summed E-state index contributed by atoms with van der Waals surface area (Å²) in [6, 6.07) is 14.4. The molecule has 3 rings (SSSR count). The Kier molecular flexibility index (Phi) is 3.89. The first kappa shape index (κ1) is 14.3. The van der Waals surface area contributed by atoms with Gasteiger partial charge in [0.05, 0.1) is 0 Å². The largest absolute Gasteiger partial charge is 0.334 e. The number of rotatable bonds is 3. The number of hydrogen-bond acceptors (Lipinski definition) is 4. The van der Waals surface area contributed by atoms with E-state index in [1.807, 2.05) is 24.3 Å². The van der Waals surface area contributed by atoms with Crippen molar-refractivity contribution in [2.24, 2.45) is 0 Å². The van der Waals surface area contributed by atoms with Crippen LogP contribution in [0.1, 0.15) is 6.92 Å². The molecular weight excluding hydrogens is 302 g/mol. The van der Waals surface area contributed by atoms with E-state index in [-0.39, 0.29) is 5.91 Å². The first-order chi connectivity index (χ1) is 10.6. The number of nitrogens with zero attached hydrogens (tertiary/aromatic N) is 2. The molecule has 0 saturated heterocycles. The van der Waals surface area contributed by atoms with Crippen LogP contribution in [0.25, 0.3) is 22.8 Å². The maximum atomic E-state index is 11.1. The number of aromatic nitrogens is 2. The fourth-order valence-corrected chi connectivity index (χ4v) is 2.12. The van der Waals surface area contributed by atoms with Gasteiger partial charge < -0.3 is 9.84 Å². The van der Waals surface area contributed by atoms with Gasteiger partial charge in [-0.3, -0.25) is 4.79 Å². The Morgan fingerprint density at radius 2 is 1.91 bits per heavy atom. The maximum absolute atomic E-state index is 11.1. The van der Waals surface area contributed by atoms with Crippen LogP contribution in [-0.2, 0) is 4.79 Å². The lowest BCUT2D eigenvalue weighted by atomic mass is 10.2. The Morgan fingerprint density at radius 3 is 2.64 bits per heavy atom. The van der Waals surface area contributed by atoms with E-state index >= 15 is 0 Å². The van der Waals surface area contributed by atoms with E-state index in [0.717, 1.165) is 11.1 Å². The molecule has 5 nitrogen and oxygen atoms in total. The van der Waals surface area contributed by atoms with Gasteiger partial charge >= 0.3 is 0 Å². The van der Waals surface area contributed by atoms with Crippen molar-refractivity contribution in [1.82, 2.24) is 10.1 Å². The van der Waals surface area contributed by atoms with Gasteiger partial charge in [-0.15, -0.1) is 0 Å². The summed E-state index contributed by atoms with van der Waals surface area (Å²) in [6.07, 6.45) is 0. The van der Waals surface area contributed by atoms with Gasteiger partial charge in [-0.05, 0) is 42.5 Å². The number of nitrogens with one attached hydrogen (secondary N) is 1. The SMILES string of the molecule is CC(=O)Nc1cccc(-c2nc(-c3ccc(Cl)cc3)no2)c1. The number of benzene rings is 2. The normalized spacial score (nSPS) is 10.5. The highest BCUT2D eigenvalue weighted by Gasteiger charge is 2.11. The molecule has 0 aliphatic rings. The Labute approximate surface area is 131 Å². The Bertz CT molecular complexity index is 812. The smallest absolute Gasteiger partial charge is 0.258 e. The number of anilines is 1. The predicted molar refractivity (Wildman–Crippen MR) is 84.5 cm³/mol. The zero-order valence-corrected chi connectivity index (χ0v) is 12.5. The van der Waals surface area contributed by atoms with E-state index < -0.39 is 0 Å². The molecule has 0 spiro atoms. The Hall–Kier alpha value is -2.66. The van der Waals surface area contributed by atoms with Gasteiger partial charge in [0, 0.05) is 28.8 Å². The minimum absolute atomic E-state index is 0.135. The van der Waals surface area contributed by atoms with Crippen molar-refractivity contribution >= 4 is 23.2 Å². The van der Waals surface area contributed by atoms with Crippen LogP contribution in [-0.4, -0.2) is 16.0 Å². The average molecular weight is 314 g/mol. The highest BCUT2D eigenvalue weighted by molar-refractivity contribution is 6.30. The minimum Gasteiger partial charge on any atom is -0.334 e. The molecule has 1 N–H and O–H groups in total. The van der Waals surface area contributed by atoms with Gasteiger partial charge in [-0.1, -0.05) is 22.8 Å². The van der Waals surface area contributed by atoms with Crippen LogP contribution >= 0.6 is 11.6 Å². The van der Waals surface area contributed by atoms with Gasteiger partial charge in [0.1, 0.15) is 0 Å². The maximum Gasteiger partial charge on any atom is 0.258 e. The molecule has 3 aromatic rings. The van der Waals surface area contributed by atoms with Crippen molar-refractivity contribution < 1.29 is 9.32 Å². The first-order valence-corrected chi connectivity index (χ1v) is 6.97. The highest BCUT2D eigenvalue weighted by atomic mass is 35.5. The zero-order chi connectivity index (χ0) is 15.5. The van der Waals surface area contributed by atoms with E-state index in [1.165, 1.54) is 6.92 Å². The summed E-state index contributed by atoms with van der Waals surface area (Å²) in [7, 11) is 0. The van der Waals surface area contributed by atoms with Crippen molar-refractivity contribution in [3.63, 3.8) is 0 Å². The molecule has 0 atom stereocenters. The van der Waals surface area contributed by atoms with Crippen LogP contribution in [0.4, 0.5) is 5.69 Å². The van der Waals surface area contributed by atoms with Crippen LogP contribution in [0.5, 0.6) is 0 Å². The molecule has 0 fully saturated rings. The molecule has 0 bridgehead atoms. The molecule has 2 aromatic carbocycles. The topological polar surface area (TPSA) is 68.0 Å². The van der Waals surface area contributed by atoms with E-state index in [4.69, 9.17) is 16.1 Å². The summed E-state index contributed by atoms with van der Waals surface area (Å²) in [5.74, 6) is 0.735. The molecule has 0 saturated carbocycles. The van der Waals surface area contributed by atoms with E-state index in [9.17, 15) is 4.79 Å². The second kappa shape index (κ2) is 5.99. The van der Waals surface area contributed by atoms with Crippen molar-refractivity contribution in [2.45, 2.75) is 6.92 Å². The van der Waals surface area contributed by atoms with E-state index in [2.05, 4.69) is 15.5 Å². The second-order valence-electron chi connectivity index (χ2n) is 4.69. The molecule has 1 amide bonds. The Morgan fingerprint density at radius 1 is 1.14 bits per heavy atom. The standard InChI is InChI=1S/C16H12ClN3O2/c1-10(21)18-14-4-2-3-12(9-14)16-19-15(20-22-16)11-5-7-13(17)8-6-11/h2-9H,1H3,(H,18,21). The van der Waals surface area contributed by atoms with E-state index in [1.54, 1.807) is 24.3 Å². The number of amides is 1. The van der Waals surface area contributed by atoms with Crippen molar-refractivity contribution in [1.29, 1.82) is 0 Å². The summed E-state index contributed by atoms with van der Waals surface area (Å²) in [5.41, 5.74) is 2.23. The van der Waals surface area contributed by atoms with Crippen molar-refractivity contribution in [3.8, 4) is 22.8 Å². The summed E-state index contributed by atoms with van der Waals surface area (Å²) >= 11 is 5.86. The van der Waals surface area contributed by atoms with Gasteiger partial charge in [0.25, 0.3) is 5.89 Å². The lowest BCUT2D eigenvalue weighted by Crippen LogP contribution is -2.05. The summed E-state index contributed by atoms with van der Waals surface area (Å²) in [5, 5.41) is 7.33. The summed E-state index contributed by atoms with van der Waals surface area (Å²) in [6.45, 7) is 1.46. The van der Waals surface area contributed by atoms with E-state index in [0.29, 0.717) is 22.4 Å². The highest BCUT2D eigenvalue weighted by Crippen LogP contribution is 2.25. The molecule has 0 aliphatic heterocycles. The zero-order valence-electron chi connectivity index (χ0n) is 11.7. The molecule has 22 heavy (non-hydrogen) atoms. The number of carbonyl (C=O) groups is 1. The fraction of sp³-hybridized carbons (Fsp3) is 0.0625. The van der Waals surface area contributed by atoms with Crippen LogP contribution in [0.2, 0.25) is 5.02 Å². The van der Waals surface area contributed by atoms with Gasteiger partial charge in [0.15, 0.2) is 0 Å². The second-order valence-corrected chi connectivity index (χ2v) is 5.13. The number of hydrogen-bond donors (Lipinski definition) is 1. The molecule has 0 unspecified atom stereocenters. The third-order valence-corrected chi connectivity index (χ3v) is 3.21. The van der Waals surface area contributed by atoms with Crippen molar-refractivity contribution in [3.05, 3.63) is 53.6 Å². The monoisotopic (exact) mass is 313 g/mol. The fourth-order valence-electron chi connectivity index (χ4n) is 1.99. The quantitative estimate of drug-likeness (QED) is 0.793. The molecular formula is C16H12ClN3O2. The van der Waals surface area contributed by atoms with Crippen LogP contribution in [0.15, 0.2) is 53.1 Å². The average Bonchev–Trinajstić information content (AvgIpc) is 2.97. The Balaban J connectivity index is 1.90. The predicted octanol–water partition coefficient (Wildman–Crippen LogP) is 4.02. The lowest BCUT2D eigenvalue weighted by molar-refractivity contribution is -0.114. The van der Waals surface area contributed by atoms with Gasteiger partial charge in [-0.2, -0.15) is 4.98 Å². The van der Waals surface area contributed by atoms with Gasteiger partial charge in [-0.25, -0.2) is 0 Å². The van der Waals surface area contributed by atoms with Crippen LogP contribution in [0.3, 0.4) is 0 Å². The molecule has 1 heterocycles. The molecule has 0 aliphatic carbocycles. The number of carbonyl (C=O) groups excluding carboxylic acids is 1. The third-order valence-electron chi connectivity index (χ3n) is 2.96. The molecule has 6 heteroatoms. The summed E-state index contributed by atoms with van der Waals surface area (Å²) in [4.78, 5) is 15.5. The molecule has 0 radical (unpaired) electrons.